The quantitative estimate of drug-likeness (QED) is 0.239. The summed E-state index contributed by atoms with van der Waals surface area (Å²) in [7, 11) is 0. The average Bonchev–Trinajstić information content (AvgIpc) is 2.69. The van der Waals surface area contributed by atoms with Crippen LogP contribution in [0.15, 0.2) is 37.5 Å². The minimum Gasteiger partial charge on any atom is -0.461 e. The Morgan fingerprint density at radius 3 is 1.50 bits per heavy atom. The van der Waals surface area contributed by atoms with Gasteiger partial charge in [0.05, 0.1) is 11.8 Å². The smallest absolute Gasteiger partial charge is 0.330 e. The first-order valence-electron chi connectivity index (χ1n) is 8.94. The highest BCUT2D eigenvalue weighted by atomic mass is 16.6. The van der Waals surface area contributed by atoms with E-state index in [9.17, 15) is 19.2 Å². The van der Waals surface area contributed by atoms with E-state index in [2.05, 4.69) is 13.2 Å². The molecule has 0 spiro atoms. The fraction of sp³-hybridized carbons (Fsp3) is 0.500. The van der Waals surface area contributed by atoms with Crippen LogP contribution < -0.4 is 0 Å². The van der Waals surface area contributed by atoms with Gasteiger partial charge in [-0.15, -0.1) is 0 Å². The molecule has 0 aliphatic heterocycles. The van der Waals surface area contributed by atoms with Crippen LogP contribution in [-0.2, 0) is 38.1 Å². The molecule has 8 heteroatoms. The van der Waals surface area contributed by atoms with Crippen molar-refractivity contribution in [3.63, 3.8) is 0 Å². The molecule has 28 heavy (non-hydrogen) atoms. The Morgan fingerprint density at radius 1 is 0.857 bits per heavy atom. The summed E-state index contributed by atoms with van der Waals surface area (Å²) in [6, 6.07) is 0. The van der Waals surface area contributed by atoms with Gasteiger partial charge in [-0.2, -0.15) is 0 Å². The average molecular weight is 394 g/mol. The van der Waals surface area contributed by atoms with E-state index in [1.807, 2.05) is 0 Å². The Kier molecular flexibility index (Phi) is 9.70. The molecule has 0 amide bonds. The summed E-state index contributed by atoms with van der Waals surface area (Å²) in [4.78, 5) is 46.3. The van der Waals surface area contributed by atoms with E-state index in [0.717, 1.165) is 12.2 Å². The van der Waals surface area contributed by atoms with Crippen molar-refractivity contribution >= 4 is 23.9 Å². The van der Waals surface area contributed by atoms with Gasteiger partial charge in [0.1, 0.15) is 25.4 Å². The van der Waals surface area contributed by atoms with E-state index in [1.165, 1.54) is 0 Å². The second-order valence-electron chi connectivity index (χ2n) is 6.34. The van der Waals surface area contributed by atoms with E-state index in [0.29, 0.717) is 12.8 Å². The van der Waals surface area contributed by atoms with Gasteiger partial charge in [-0.25, -0.2) is 9.59 Å². The summed E-state index contributed by atoms with van der Waals surface area (Å²) in [6.45, 7) is 9.66. The molecular formula is C20H26O8. The number of carbonyl (C=O) groups is 4. The molecule has 0 saturated carbocycles. The van der Waals surface area contributed by atoms with Crippen molar-refractivity contribution in [2.24, 2.45) is 11.8 Å². The molecular weight excluding hydrogens is 368 g/mol. The summed E-state index contributed by atoms with van der Waals surface area (Å²) in [5.74, 6) is -3.02. The number of carbonyl (C=O) groups excluding carboxylic acids is 4. The van der Waals surface area contributed by atoms with E-state index in [1.54, 1.807) is 26.0 Å². The molecule has 0 bridgehead atoms. The van der Waals surface area contributed by atoms with Crippen LogP contribution in [0.3, 0.4) is 0 Å². The summed E-state index contributed by atoms with van der Waals surface area (Å²) in [6.07, 6.45) is 4.98. The number of esters is 4. The van der Waals surface area contributed by atoms with Crippen molar-refractivity contribution in [2.45, 2.75) is 38.9 Å². The van der Waals surface area contributed by atoms with Crippen LogP contribution in [0.2, 0.25) is 0 Å². The van der Waals surface area contributed by atoms with Gasteiger partial charge >= 0.3 is 23.9 Å². The molecule has 0 N–H and O–H groups in total. The molecule has 154 valence electrons. The largest absolute Gasteiger partial charge is 0.461 e. The van der Waals surface area contributed by atoms with Crippen LogP contribution in [0.4, 0.5) is 0 Å². The summed E-state index contributed by atoms with van der Waals surface area (Å²) >= 11 is 0. The third-order valence-corrected chi connectivity index (χ3v) is 3.86. The second kappa shape index (κ2) is 11.7. The van der Waals surface area contributed by atoms with Gasteiger partial charge in [0.25, 0.3) is 0 Å². The highest BCUT2D eigenvalue weighted by molar-refractivity contribution is 5.82. The third kappa shape index (κ3) is 8.20. The maximum Gasteiger partial charge on any atom is 0.330 e. The summed E-state index contributed by atoms with van der Waals surface area (Å²) in [5.41, 5.74) is 0. The van der Waals surface area contributed by atoms with E-state index in [-0.39, 0.29) is 13.2 Å². The number of hydrogen-bond acceptors (Lipinski definition) is 8. The third-order valence-electron chi connectivity index (χ3n) is 3.86. The van der Waals surface area contributed by atoms with Gasteiger partial charge in [-0.3, -0.25) is 9.59 Å². The van der Waals surface area contributed by atoms with Crippen molar-refractivity contribution in [3.8, 4) is 0 Å². The first kappa shape index (κ1) is 23.1. The predicted molar refractivity (Wildman–Crippen MR) is 98.8 cm³/mol. The van der Waals surface area contributed by atoms with Crippen LogP contribution in [0.5, 0.6) is 0 Å². The van der Waals surface area contributed by atoms with Crippen molar-refractivity contribution in [1.82, 2.24) is 0 Å². The van der Waals surface area contributed by atoms with E-state index < -0.39 is 47.9 Å². The predicted octanol–water partition coefficient (Wildman–Crippen LogP) is 1.89. The van der Waals surface area contributed by atoms with Crippen LogP contribution in [0.25, 0.3) is 0 Å². The van der Waals surface area contributed by atoms with Crippen molar-refractivity contribution < 1.29 is 38.1 Å². The number of ether oxygens (including phenoxy) is 4. The number of rotatable bonds is 10. The SMILES string of the molecule is C=CC(=O)OC(C)COC(=O)C1C=CC(C(=O)OCC(C)OC(=O)C=C)CC1. The first-order chi connectivity index (χ1) is 13.3. The molecule has 1 rings (SSSR count). The molecule has 0 heterocycles. The molecule has 4 atom stereocenters. The molecule has 4 unspecified atom stereocenters. The lowest BCUT2D eigenvalue weighted by Crippen LogP contribution is -2.28. The Morgan fingerprint density at radius 2 is 1.21 bits per heavy atom. The van der Waals surface area contributed by atoms with Crippen molar-refractivity contribution in [1.29, 1.82) is 0 Å². The van der Waals surface area contributed by atoms with Gasteiger partial charge < -0.3 is 18.9 Å². The molecule has 0 aromatic heterocycles. The van der Waals surface area contributed by atoms with Gasteiger partial charge in [0.2, 0.25) is 0 Å². The zero-order valence-corrected chi connectivity index (χ0v) is 16.1. The van der Waals surface area contributed by atoms with E-state index >= 15 is 0 Å². The zero-order chi connectivity index (χ0) is 21.1. The molecule has 0 radical (unpaired) electrons. The maximum atomic E-state index is 12.1. The monoisotopic (exact) mass is 394 g/mol. The van der Waals surface area contributed by atoms with Gasteiger partial charge in [-0.1, -0.05) is 25.3 Å². The zero-order valence-electron chi connectivity index (χ0n) is 16.1. The fourth-order valence-electron chi connectivity index (χ4n) is 2.39. The van der Waals surface area contributed by atoms with Gasteiger partial charge in [0, 0.05) is 12.2 Å². The summed E-state index contributed by atoms with van der Waals surface area (Å²) in [5, 5.41) is 0. The Hall–Kier alpha value is -2.90. The molecule has 0 aromatic carbocycles. The fourth-order valence-corrected chi connectivity index (χ4v) is 2.39. The van der Waals surface area contributed by atoms with E-state index in [4.69, 9.17) is 18.9 Å². The first-order valence-corrected chi connectivity index (χ1v) is 8.94. The van der Waals surface area contributed by atoms with Crippen LogP contribution in [0, 0.1) is 11.8 Å². The maximum absolute atomic E-state index is 12.1. The lowest BCUT2D eigenvalue weighted by atomic mass is 9.88. The van der Waals surface area contributed by atoms with Crippen molar-refractivity contribution in [3.05, 3.63) is 37.5 Å². The van der Waals surface area contributed by atoms with Crippen molar-refractivity contribution in [2.75, 3.05) is 13.2 Å². The Balaban J connectivity index is 2.38. The van der Waals surface area contributed by atoms with Gasteiger partial charge in [-0.05, 0) is 26.7 Å². The lowest BCUT2D eigenvalue weighted by Gasteiger charge is -2.22. The molecule has 1 aliphatic rings. The minimum absolute atomic E-state index is 0.0600. The van der Waals surface area contributed by atoms with Crippen LogP contribution in [0.1, 0.15) is 26.7 Å². The molecule has 0 aromatic rings. The molecule has 0 saturated heterocycles. The lowest BCUT2D eigenvalue weighted by molar-refractivity contribution is -0.158. The normalized spacial score (nSPS) is 20.2. The Bertz CT molecular complexity index is 582. The van der Waals surface area contributed by atoms with Crippen LogP contribution in [-0.4, -0.2) is 49.3 Å². The number of hydrogen-bond donors (Lipinski definition) is 0. The topological polar surface area (TPSA) is 105 Å². The molecule has 0 fully saturated rings. The highest BCUT2D eigenvalue weighted by Crippen LogP contribution is 2.24. The molecule has 8 nitrogen and oxygen atoms in total. The molecule has 1 aliphatic carbocycles. The Labute approximate surface area is 164 Å². The van der Waals surface area contributed by atoms with Gasteiger partial charge in [0.15, 0.2) is 0 Å². The minimum atomic E-state index is -0.587. The highest BCUT2D eigenvalue weighted by Gasteiger charge is 2.28. The standard InChI is InChI=1S/C20H26O8/c1-5-17(21)27-13(3)11-25-19(23)15-7-9-16(10-8-15)20(24)26-12-14(4)28-18(22)6-2/h5-7,9,13-16H,1-2,8,10-12H2,3-4H3. The summed E-state index contributed by atoms with van der Waals surface area (Å²) < 4.78 is 20.1. The second-order valence-corrected chi connectivity index (χ2v) is 6.34. The van der Waals surface area contributed by atoms with Crippen LogP contribution >= 0.6 is 0 Å².